The lowest BCUT2D eigenvalue weighted by Crippen LogP contribution is -2.22. The van der Waals surface area contributed by atoms with Crippen molar-refractivity contribution in [3.63, 3.8) is 0 Å². The number of rotatable bonds is 3. The smallest absolute Gasteiger partial charge is 0.381 e. The molecule has 0 saturated carbocycles. The van der Waals surface area contributed by atoms with Crippen LogP contribution in [0.3, 0.4) is 0 Å². The monoisotopic (exact) mass is 264 g/mol. The molecule has 0 fully saturated rings. The zero-order valence-electron chi connectivity index (χ0n) is 9.61. The van der Waals surface area contributed by atoms with Crippen LogP contribution in [0.2, 0.25) is 5.02 Å². The number of nitrogens with one attached hydrogen (secondary N) is 1. The van der Waals surface area contributed by atoms with Gasteiger partial charge in [0.1, 0.15) is 0 Å². The van der Waals surface area contributed by atoms with Crippen molar-refractivity contribution in [2.45, 2.75) is 26.1 Å². The van der Waals surface area contributed by atoms with Crippen LogP contribution in [-0.2, 0) is 6.18 Å². The molecule has 0 aliphatic rings. The second kappa shape index (κ2) is 5.17. The van der Waals surface area contributed by atoms with E-state index < -0.39 is 11.7 Å². The normalized spacial score (nSPS) is 13.9. The van der Waals surface area contributed by atoms with E-state index in [4.69, 9.17) is 11.6 Å². The SMILES string of the molecule is [CH2]C(Nc1ccc(C(F)(F)F)cc1Cl)C(C)C. The molecule has 1 rings (SSSR count). The fourth-order valence-electron chi connectivity index (χ4n) is 1.17. The molecule has 0 bridgehead atoms. The number of alkyl halides is 3. The Kier molecular flexibility index (Phi) is 4.31. The maximum Gasteiger partial charge on any atom is 0.416 e. The molecule has 1 N–H and O–H groups in total. The fraction of sp³-hybridized carbons (Fsp3) is 0.417. The van der Waals surface area contributed by atoms with Crippen LogP contribution in [0.1, 0.15) is 19.4 Å². The molecular formula is C12H14ClF3N. The van der Waals surface area contributed by atoms with Crippen molar-refractivity contribution in [1.29, 1.82) is 0 Å². The van der Waals surface area contributed by atoms with Crippen molar-refractivity contribution < 1.29 is 13.2 Å². The van der Waals surface area contributed by atoms with Crippen LogP contribution in [0, 0.1) is 12.8 Å². The highest BCUT2D eigenvalue weighted by Gasteiger charge is 2.30. The van der Waals surface area contributed by atoms with Gasteiger partial charge in [0.25, 0.3) is 0 Å². The third-order valence-corrected chi connectivity index (χ3v) is 2.75. The molecule has 5 heteroatoms. The standard InChI is InChI=1S/C12H14ClF3N/c1-7(2)8(3)17-11-5-4-9(6-10(11)13)12(14,15)16/h4-8,17H,3H2,1-2H3. The zero-order valence-corrected chi connectivity index (χ0v) is 10.4. The number of hydrogen-bond donors (Lipinski definition) is 1. The van der Waals surface area contributed by atoms with Gasteiger partial charge in [-0.25, -0.2) is 0 Å². The number of benzene rings is 1. The Morgan fingerprint density at radius 3 is 2.29 bits per heavy atom. The quantitative estimate of drug-likeness (QED) is 0.839. The van der Waals surface area contributed by atoms with Crippen LogP contribution in [0.4, 0.5) is 18.9 Å². The Morgan fingerprint density at radius 2 is 1.88 bits per heavy atom. The second-order valence-electron chi connectivity index (χ2n) is 4.19. The summed E-state index contributed by atoms with van der Waals surface area (Å²) in [4.78, 5) is 0. The molecule has 0 aliphatic heterocycles. The van der Waals surface area contributed by atoms with E-state index >= 15 is 0 Å². The highest BCUT2D eigenvalue weighted by molar-refractivity contribution is 6.33. The Balaban J connectivity index is 2.91. The van der Waals surface area contributed by atoms with Gasteiger partial charge in [-0.15, -0.1) is 0 Å². The topological polar surface area (TPSA) is 12.0 Å². The summed E-state index contributed by atoms with van der Waals surface area (Å²) in [6, 6.07) is 3.13. The van der Waals surface area contributed by atoms with Crippen molar-refractivity contribution >= 4 is 17.3 Å². The van der Waals surface area contributed by atoms with E-state index in [2.05, 4.69) is 12.2 Å². The van der Waals surface area contributed by atoms with E-state index in [0.717, 1.165) is 12.1 Å². The lowest BCUT2D eigenvalue weighted by molar-refractivity contribution is -0.137. The number of hydrogen-bond acceptors (Lipinski definition) is 1. The maximum atomic E-state index is 12.4. The molecule has 0 spiro atoms. The van der Waals surface area contributed by atoms with Gasteiger partial charge in [-0.1, -0.05) is 25.4 Å². The molecule has 0 saturated heterocycles. The van der Waals surface area contributed by atoms with E-state index in [1.807, 2.05) is 13.8 Å². The van der Waals surface area contributed by atoms with Crippen LogP contribution < -0.4 is 5.32 Å². The van der Waals surface area contributed by atoms with E-state index in [9.17, 15) is 13.2 Å². The fourth-order valence-corrected chi connectivity index (χ4v) is 1.41. The molecule has 0 heterocycles. The largest absolute Gasteiger partial charge is 0.416 e. The maximum absolute atomic E-state index is 12.4. The van der Waals surface area contributed by atoms with Crippen LogP contribution in [0.15, 0.2) is 18.2 Å². The van der Waals surface area contributed by atoms with E-state index in [1.165, 1.54) is 6.07 Å². The van der Waals surface area contributed by atoms with Gasteiger partial charge in [0, 0.05) is 6.04 Å². The predicted octanol–water partition coefficient (Wildman–Crippen LogP) is 4.63. The van der Waals surface area contributed by atoms with Crippen molar-refractivity contribution in [2.24, 2.45) is 5.92 Å². The molecule has 0 amide bonds. The Bertz CT molecular complexity index is 388. The van der Waals surface area contributed by atoms with Crippen molar-refractivity contribution in [2.75, 3.05) is 5.32 Å². The first-order valence-corrected chi connectivity index (χ1v) is 5.56. The highest BCUT2D eigenvalue weighted by atomic mass is 35.5. The lowest BCUT2D eigenvalue weighted by atomic mass is 10.1. The van der Waals surface area contributed by atoms with Gasteiger partial charge >= 0.3 is 6.18 Å². The first-order valence-electron chi connectivity index (χ1n) is 5.18. The van der Waals surface area contributed by atoms with Gasteiger partial charge in [-0.3, -0.25) is 0 Å². The lowest BCUT2D eigenvalue weighted by Gasteiger charge is -2.20. The first kappa shape index (κ1) is 14.2. The summed E-state index contributed by atoms with van der Waals surface area (Å²) in [5.74, 6) is 0.258. The Hall–Kier alpha value is -0.900. The zero-order chi connectivity index (χ0) is 13.2. The van der Waals surface area contributed by atoms with Gasteiger partial charge in [0.05, 0.1) is 16.3 Å². The van der Waals surface area contributed by atoms with Gasteiger partial charge in [-0.05, 0) is 31.0 Å². The summed E-state index contributed by atoms with van der Waals surface area (Å²) in [5.41, 5.74) is -0.286. The minimum Gasteiger partial charge on any atom is -0.381 e. The number of anilines is 1. The molecule has 1 aromatic rings. The van der Waals surface area contributed by atoms with Crippen LogP contribution in [0.25, 0.3) is 0 Å². The summed E-state index contributed by atoms with van der Waals surface area (Å²) in [7, 11) is 0. The molecule has 0 aliphatic carbocycles. The van der Waals surface area contributed by atoms with E-state index in [0.29, 0.717) is 5.69 Å². The minimum atomic E-state index is -4.37. The minimum absolute atomic E-state index is 0.0501. The van der Waals surface area contributed by atoms with Gasteiger partial charge in [0.2, 0.25) is 0 Å². The van der Waals surface area contributed by atoms with E-state index in [-0.39, 0.29) is 17.0 Å². The van der Waals surface area contributed by atoms with Gasteiger partial charge in [-0.2, -0.15) is 13.2 Å². The molecule has 17 heavy (non-hydrogen) atoms. The summed E-state index contributed by atoms with van der Waals surface area (Å²) < 4.78 is 37.2. The third kappa shape index (κ3) is 3.80. The third-order valence-electron chi connectivity index (χ3n) is 2.44. The van der Waals surface area contributed by atoms with Crippen LogP contribution >= 0.6 is 11.6 Å². The van der Waals surface area contributed by atoms with E-state index in [1.54, 1.807) is 0 Å². The van der Waals surface area contributed by atoms with Crippen molar-refractivity contribution in [3.8, 4) is 0 Å². The summed E-state index contributed by atoms with van der Waals surface area (Å²) in [6.45, 7) is 7.78. The summed E-state index contributed by atoms with van der Waals surface area (Å²) in [6.07, 6.45) is -4.37. The highest BCUT2D eigenvalue weighted by Crippen LogP contribution is 2.34. The average molecular weight is 265 g/mol. The van der Waals surface area contributed by atoms with Gasteiger partial charge in [0.15, 0.2) is 0 Å². The second-order valence-corrected chi connectivity index (χ2v) is 4.59. The first-order chi connectivity index (χ1) is 7.71. The molecule has 1 nitrogen and oxygen atoms in total. The molecule has 1 radical (unpaired) electrons. The summed E-state index contributed by atoms with van der Waals surface area (Å²) >= 11 is 5.79. The summed E-state index contributed by atoms with van der Waals surface area (Å²) in [5, 5.41) is 3.03. The molecule has 1 aromatic carbocycles. The van der Waals surface area contributed by atoms with Crippen LogP contribution in [0.5, 0.6) is 0 Å². The number of halogens is 4. The van der Waals surface area contributed by atoms with Crippen molar-refractivity contribution in [1.82, 2.24) is 0 Å². The Labute approximate surface area is 104 Å². The Morgan fingerprint density at radius 1 is 1.29 bits per heavy atom. The molecule has 95 valence electrons. The molecule has 1 atom stereocenters. The average Bonchev–Trinajstić information content (AvgIpc) is 2.19. The molecule has 1 unspecified atom stereocenters. The molecule has 0 aromatic heterocycles. The van der Waals surface area contributed by atoms with Crippen molar-refractivity contribution in [3.05, 3.63) is 35.7 Å². The molecular weight excluding hydrogens is 251 g/mol. The van der Waals surface area contributed by atoms with Crippen LogP contribution in [-0.4, -0.2) is 6.04 Å². The predicted molar refractivity (Wildman–Crippen MR) is 64.1 cm³/mol. The van der Waals surface area contributed by atoms with Gasteiger partial charge < -0.3 is 5.32 Å².